The summed E-state index contributed by atoms with van der Waals surface area (Å²) in [5, 5.41) is 3.37. The zero-order chi connectivity index (χ0) is 13.9. The molecular weight excluding hydrogens is 250 g/mol. The third-order valence-electron chi connectivity index (χ3n) is 3.76. The molecule has 0 aliphatic heterocycles. The molecule has 20 heavy (non-hydrogen) atoms. The summed E-state index contributed by atoms with van der Waals surface area (Å²) in [6.07, 6.45) is 5.47. The largest absolute Gasteiger partial charge is 0.458 e. The Labute approximate surface area is 119 Å². The van der Waals surface area contributed by atoms with Gasteiger partial charge in [-0.25, -0.2) is 9.97 Å². The molecule has 1 aliphatic carbocycles. The second-order valence-electron chi connectivity index (χ2n) is 5.18. The summed E-state index contributed by atoms with van der Waals surface area (Å²) in [6.45, 7) is 5.06. The van der Waals surface area contributed by atoms with E-state index in [1.165, 1.54) is 24.1 Å². The van der Waals surface area contributed by atoms with Gasteiger partial charge >= 0.3 is 0 Å². The molecule has 4 nitrogen and oxygen atoms in total. The van der Waals surface area contributed by atoms with E-state index in [1.54, 1.807) is 0 Å². The number of furan rings is 1. The zero-order valence-corrected chi connectivity index (χ0v) is 12.2. The van der Waals surface area contributed by atoms with Crippen LogP contribution in [0.15, 0.2) is 16.5 Å². The number of fused-ring (bicyclic) bond motifs is 1. The fourth-order valence-corrected chi connectivity index (χ4v) is 2.71. The maximum absolute atomic E-state index is 5.79. The van der Waals surface area contributed by atoms with Crippen LogP contribution >= 0.6 is 0 Å². The molecule has 0 saturated carbocycles. The molecule has 3 rings (SSSR count). The minimum absolute atomic E-state index is 0.710. The number of aromatic nitrogens is 2. The van der Waals surface area contributed by atoms with E-state index in [4.69, 9.17) is 9.40 Å². The molecule has 0 atom stereocenters. The van der Waals surface area contributed by atoms with Crippen molar-refractivity contribution >= 4 is 5.82 Å². The van der Waals surface area contributed by atoms with Gasteiger partial charge in [-0.3, -0.25) is 0 Å². The predicted octanol–water partition coefficient (Wildman–Crippen LogP) is 3.61. The molecule has 0 saturated heterocycles. The quantitative estimate of drug-likeness (QED) is 0.923. The van der Waals surface area contributed by atoms with E-state index in [9.17, 15) is 0 Å². The van der Waals surface area contributed by atoms with Crippen molar-refractivity contribution in [2.24, 2.45) is 0 Å². The second-order valence-corrected chi connectivity index (χ2v) is 5.18. The summed E-state index contributed by atoms with van der Waals surface area (Å²) in [6, 6.07) is 3.98. The van der Waals surface area contributed by atoms with Crippen LogP contribution < -0.4 is 5.32 Å². The van der Waals surface area contributed by atoms with E-state index >= 15 is 0 Å². The molecule has 1 aliphatic rings. The van der Waals surface area contributed by atoms with Gasteiger partial charge in [0.15, 0.2) is 11.6 Å². The Morgan fingerprint density at radius 3 is 2.75 bits per heavy atom. The minimum atomic E-state index is 0.710. The lowest BCUT2D eigenvalue weighted by molar-refractivity contribution is 0.524. The standard InChI is InChI=1S/C16H21N3O/c1-3-11-9-10-14(20-11)16-18-13-8-6-5-7-12(13)15(19-16)17-4-2/h9-10H,3-8H2,1-2H3,(H,17,18,19). The van der Waals surface area contributed by atoms with Gasteiger partial charge < -0.3 is 9.73 Å². The van der Waals surface area contributed by atoms with Crippen LogP contribution in [0.3, 0.4) is 0 Å². The highest BCUT2D eigenvalue weighted by atomic mass is 16.3. The van der Waals surface area contributed by atoms with Crippen LogP contribution in [0.2, 0.25) is 0 Å². The molecule has 0 fully saturated rings. The lowest BCUT2D eigenvalue weighted by Crippen LogP contribution is -2.13. The van der Waals surface area contributed by atoms with Gasteiger partial charge in [0, 0.05) is 24.2 Å². The number of aryl methyl sites for hydroxylation is 2. The molecular formula is C16H21N3O. The monoisotopic (exact) mass is 271 g/mol. The van der Waals surface area contributed by atoms with Crippen LogP contribution in [0.5, 0.6) is 0 Å². The van der Waals surface area contributed by atoms with Gasteiger partial charge in [-0.15, -0.1) is 0 Å². The molecule has 0 unspecified atom stereocenters. The Balaban J connectivity index is 2.04. The Bertz CT molecular complexity index is 604. The van der Waals surface area contributed by atoms with Gasteiger partial charge in [0.2, 0.25) is 0 Å². The highest BCUT2D eigenvalue weighted by Crippen LogP contribution is 2.29. The average Bonchev–Trinajstić information content (AvgIpc) is 2.96. The number of nitrogens with zero attached hydrogens (tertiary/aromatic N) is 2. The highest BCUT2D eigenvalue weighted by Gasteiger charge is 2.19. The van der Waals surface area contributed by atoms with Crippen LogP contribution in [-0.4, -0.2) is 16.5 Å². The molecule has 0 spiro atoms. The van der Waals surface area contributed by atoms with Crippen molar-refractivity contribution in [3.63, 3.8) is 0 Å². The van der Waals surface area contributed by atoms with Crippen molar-refractivity contribution in [2.75, 3.05) is 11.9 Å². The molecule has 0 bridgehead atoms. The molecule has 2 aromatic heterocycles. The normalized spacial score (nSPS) is 14.1. The van der Waals surface area contributed by atoms with Gasteiger partial charge in [-0.1, -0.05) is 6.92 Å². The maximum Gasteiger partial charge on any atom is 0.197 e. The maximum atomic E-state index is 5.79. The Hall–Kier alpha value is -1.84. The third-order valence-corrected chi connectivity index (χ3v) is 3.76. The lowest BCUT2D eigenvalue weighted by Gasteiger charge is -2.19. The van der Waals surface area contributed by atoms with E-state index < -0.39 is 0 Å². The number of hydrogen-bond acceptors (Lipinski definition) is 4. The third kappa shape index (κ3) is 2.42. The first-order chi connectivity index (χ1) is 9.81. The molecule has 4 heteroatoms. The second kappa shape index (κ2) is 5.65. The van der Waals surface area contributed by atoms with Crippen molar-refractivity contribution in [2.45, 2.75) is 46.0 Å². The molecule has 0 amide bonds. The van der Waals surface area contributed by atoms with Crippen LogP contribution in [0.4, 0.5) is 5.82 Å². The number of anilines is 1. The Morgan fingerprint density at radius 2 is 2.00 bits per heavy atom. The van der Waals surface area contributed by atoms with Gasteiger partial charge in [-0.05, 0) is 44.7 Å². The highest BCUT2D eigenvalue weighted by molar-refractivity contribution is 5.56. The average molecular weight is 271 g/mol. The van der Waals surface area contributed by atoms with Crippen molar-refractivity contribution in [3.05, 3.63) is 29.2 Å². The van der Waals surface area contributed by atoms with Crippen molar-refractivity contribution in [1.82, 2.24) is 9.97 Å². The van der Waals surface area contributed by atoms with Gasteiger partial charge in [0.05, 0.1) is 0 Å². The first kappa shape index (κ1) is 13.2. The smallest absolute Gasteiger partial charge is 0.197 e. The lowest BCUT2D eigenvalue weighted by atomic mass is 9.96. The summed E-state index contributed by atoms with van der Waals surface area (Å²) in [5.41, 5.74) is 2.48. The number of hydrogen-bond donors (Lipinski definition) is 1. The van der Waals surface area contributed by atoms with E-state index in [0.29, 0.717) is 5.82 Å². The fourth-order valence-electron chi connectivity index (χ4n) is 2.71. The van der Waals surface area contributed by atoms with Gasteiger partial charge in [-0.2, -0.15) is 0 Å². The van der Waals surface area contributed by atoms with Gasteiger partial charge in [0.1, 0.15) is 11.6 Å². The predicted molar refractivity (Wildman–Crippen MR) is 79.9 cm³/mol. The summed E-state index contributed by atoms with van der Waals surface area (Å²) >= 11 is 0. The molecule has 2 heterocycles. The number of nitrogens with one attached hydrogen (secondary N) is 1. The Kier molecular flexibility index (Phi) is 3.72. The fraction of sp³-hybridized carbons (Fsp3) is 0.500. The molecule has 106 valence electrons. The SMILES string of the molecule is CCNc1nc(-c2ccc(CC)o2)nc2c1CCCC2. The van der Waals surface area contributed by atoms with E-state index in [0.717, 1.165) is 43.1 Å². The van der Waals surface area contributed by atoms with E-state index in [1.807, 2.05) is 12.1 Å². The van der Waals surface area contributed by atoms with Crippen molar-refractivity contribution in [1.29, 1.82) is 0 Å². The Morgan fingerprint density at radius 1 is 1.15 bits per heavy atom. The summed E-state index contributed by atoms with van der Waals surface area (Å²) in [7, 11) is 0. The van der Waals surface area contributed by atoms with Gasteiger partial charge in [0.25, 0.3) is 0 Å². The zero-order valence-electron chi connectivity index (χ0n) is 12.2. The van der Waals surface area contributed by atoms with E-state index in [-0.39, 0.29) is 0 Å². The van der Waals surface area contributed by atoms with Crippen LogP contribution in [0, 0.1) is 0 Å². The minimum Gasteiger partial charge on any atom is -0.458 e. The van der Waals surface area contributed by atoms with Crippen LogP contribution in [0.1, 0.15) is 43.7 Å². The topological polar surface area (TPSA) is 51.0 Å². The van der Waals surface area contributed by atoms with Crippen LogP contribution in [0.25, 0.3) is 11.6 Å². The molecule has 1 N–H and O–H groups in total. The van der Waals surface area contributed by atoms with Crippen molar-refractivity contribution in [3.8, 4) is 11.6 Å². The summed E-state index contributed by atoms with van der Waals surface area (Å²) < 4.78 is 5.79. The summed E-state index contributed by atoms with van der Waals surface area (Å²) in [4.78, 5) is 9.41. The molecule has 0 aromatic carbocycles. The number of rotatable bonds is 4. The summed E-state index contributed by atoms with van der Waals surface area (Å²) in [5.74, 6) is 3.45. The molecule has 0 radical (unpaired) electrons. The first-order valence-electron chi connectivity index (χ1n) is 7.54. The first-order valence-corrected chi connectivity index (χ1v) is 7.54. The van der Waals surface area contributed by atoms with Crippen LogP contribution in [-0.2, 0) is 19.3 Å². The molecule has 2 aromatic rings. The van der Waals surface area contributed by atoms with E-state index in [2.05, 4.69) is 24.1 Å². The van der Waals surface area contributed by atoms with Crippen molar-refractivity contribution < 1.29 is 4.42 Å².